The fourth-order valence-corrected chi connectivity index (χ4v) is 2.43. The van der Waals surface area contributed by atoms with Crippen LogP contribution in [0.4, 0.5) is 0 Å². The summed E-state index contributed by atoms with van der Waals surface area (Å²) in [6.07, 6.45) is 9.19. The molecule has 0 aromatic rings. The third-order valence-electron chi connectivity index (χ3n) is 3.63. The number of hydrogen-bond acceptors (Lipinski definition) is 2. The molecule has 0 saturated heterocycles. The van der Waals surface area contributed by atoms with Crippen molar-refractivity contribution in [2.45, 2.75) is 57.1 Å². The van der Waals surface area contributed by atoms with Crippen molar-refractivity contribution >= 4 is 0 Å². The first kappa shape index (κ1) is 9.47. The molecule has 0 aromatic carbocycles. The number of nitrogens with one attached hydrogen (secondary N) is 1. The molecule has 0 unspecified atom stereocenters. The van der Waals surface area contributed by atoms with Crippen LogP contribution in [0.2, 0.25) is 0 Å². The fourth-order valence-electron chi connectivity index (χ4n) is 2.43. The minimum atomic E-state index is -0.0522. The van der Waals surface area contributed by atoms with Crippen LogP contribution in [0.3, 0.4) is 0 Å². The van der Waals surface area contributed by atoms with Crippen molar-refractivity contribution in [2.75, 3.05) is 6.54 Å². The Morgan fingerprint density at radius 1 is 1.00 bits per heavy atom. The van der Waals surface area contributed by atoms with E-state index in [1.165, 1.54) is 38.5 Å². The summed E-state index contributed by atoms with van der Waals surface area (Å²) in [5.41, 5.74) is 0. The summed E-state index contributed by atoms with van der Waals surface area (Å²) in [5, 5.41) is 12.9. The summed E-state index contributed by atoms with van der Waals surface area (Å²) >= 11 is 0. The first-order valence-corrected chi connectivity index (χ1v) is 5.78. The molecule has 2 rings (SSSR count). The van der Waals surface area contributed by atoms with Gasteiger partial charge < -0.3 is 10.4 Å². The van der Waals surface area contributed by atoms with Gasteiger partial charge in [-0.05, 0) is 38.1 Å². The highest BCUT2D eigenvalue weighted by Gasteiger charge is 2.28. The molecule has 0 heterocycles. The van der Waals surface area contributed by atoms with Gasteiger partial charge in [-0.2, -0.15) is 0 Å². The molecule has 0 aromatic heterocycles. The number of hydrogen-bond donors (Lipinski definition) is 2. The Morgan fingerprint density at radius 3 is 2.31 bits per heavy atom. The van der Waals surface area contributed by atoms with E-state index in [1.807, 2.05) is 0 Å². The molecule has 2 atom stereocenters. The molecule has 2 saturated carbocycles. The first-order chi connectivity index (χ1) is 6.36. The van der Waals surface area contributed by atoms with Gasteiger partial charge in [0.1, 0.15) is 0 Å². The van der Waals surface area contributed by atoms with E-state index in [2.05, 4.69) is 5.32 Å². The van der Waals surface area contributed by atoms with Crippen LogP contribution in [0, 0.1) is 5.92 Å². The first-order valence-electron chi connectivity index (χ1n) is 5.78. The topological polar surface area (TPSA) is 32.3 Å². The fraction of sp³-hybridized carbons (Fsp3) is 1.00. The average Bonchev–Trinajstić information content (AvgIpc) is 2.17. The number of aliphatic hydroxyl groups excluding tert-OH is 1. The van der Waals surface area contributed by atoms with Gasteiger partial charge in [-0.15, -0.1) is 0 Å². The molecule has 2 fully saturated rings. The van der Waals surface area contributed by atoms with Crippen molar-refractivity contribution in [1.29, 1.82) is 0 Å². The molecule has 2 aliphatic rings. The van der Waals surface area contributed by atoms with Crippen LogP contribution in [-0.4, -0.2) is 23.8 Å². The largest absolute Gasteiger partial charge is 0.392 e. The van der Waals surface area contributed by atoms with Gasteiger partial charge in [0, 0.05) is 6.04 Å². The summed E-state index contributed by atoms with van der Waals surface area (Å²) in [7, 11) is 0. The molecule has 2 nitrogen and oxygen atoms in total. The van der Waals surface area contributed by atoms with Crippen LogP contribution in [-0.2, 0) is 0 Å². The van der Waals surface area contributed by atoms with Crippen molar-refractivity contribution in [3.05, 3.63) is 0 Å². The smallest absolute Gasteiger partial charge is 0.0693 e. The maximum absolute atomic E-state index is 9.37. The molecule has 13 heavy (non-hydrogen) atoms. The van der Waals surface area contributed by atoms with Gasteiger partial charge in [0.05, 0.1) is 6.10 Å². The van der Waals surface area contributed by atoms with Gasteiger partial charge >= 0.3 is 0 Å². The van der Waals surface area contributed by atoms with Crippen molar-refractivity contribution in [2.24, 2.45) is 5.92 Å². The summed E-state index contributed by atoms with van der Waals surface area (Å²) in [6.45, 7) is 1.14. The van der Waals surface area contributed by atoms with Gasteiger partial charge in [-0.1, -0.05) is 19.3 Å². The lowest BCUT2D eigenvalue weighted by molar-refractivity contribution is 0.0471. The Morgan fingerprint density at radius 2 is 1.77 bits per heavy atom. The van der Waals surface area contributed by atoms with Crippen LogP contribution in [0.25, 0.3) is 0 Å². The second-order valence-electron chi connectivity index (χ2n) is 4.66. The summed E-state index contributed by atoms with van der Waals surface area (Å²) in [5.74, 6) is 0.890. The SMILES string of the molecule is O[C@@H]1CC[C@H]1NCC1CCCCC1. The maximum atomic E-state index is 9.37. The molecular formula is C11H21NO. The highest BCUT2D eigenvalue weighted by atomic mass is 16.3. The third-order valence-corrected chi connectivity index (χ3v) is 3.63. The van der Waals surface area contributed by atoms with Crippen molar-refractivity contribution < 1.29 is 5.11 Å². The Bertz CT molecular complexity index is 154. The van der Waals surface area contributed by atoms with Gasteiger partial charge in [0.25, 0.3) is 0 Å². The lowest BCUT2D eigenvalue weighted by atomic mass is 9.86. The van der Waals surface area contributed by atoms with Crippen LogP contribution in [0.15, 0.2) is 0 Å². The second kappa shape index (κ2) is 4.43. The molecule has 2 aliphatic carbocycles. The summed E-state index contributed by atoms with van der Waals surface area (Å²) in [4.78, 5) is 0. The van der Waals surface area contributed by atoms with Crippen molar-refractivity contribution in [3.63, 3.8) is 0 Å². The maximum Gasteiger partial charge on any atom is 0.0693 e. The van der Waals surface area contributed by atoms with E-state index < -0.39 is 0 Å². The summed E-state index contributed by atoms with van der Waals surface area (Å²) in [6, 6.07) is 0.418. The summed E-state index contributed by atoms with van der Waals surface area (Å²) < 4.78 is 0. The molecule has 76 valence electrons. The average molecular weight is 183 g/mol. The quantitative estimate of drug-likeness (QED) is 0.697. The Labute approximate surface area is 80.7 Å². The second-order valence-corrected chi connectivity index (χ2v) is 4.66. The minimum absolute atomic E-state index is 0.0522. The van der Waals surface area contributed by atoms with E-state index in [0.29, 0.717) is 6.04 Å². The zero-order valence-electron chi connectivity index (χ0n) is 8.34. The highest BCUT2D eigenvalue weighted by molar-refractivity contribution is 4.87. The zero-order chi connectivity index (χ0) is 9.10. The van der Waals surface area contributed by atoms with E-state index in [4.69, 9.17) is 0 Å². The van der Waals surface area contributed by atoms with Crippen molar-refractivity contribution in [3.8, 4) is 0 Å². The molecule has 0 bridgehead atoms. The van der Waals surface area contributed by atoms with Gasteiger partial charge in [0.2, 0.25) is 0 Å². The van der Waals surface area contributed by atoms with E-state index >= 15 is 0 Å². The normalized spacial score (nSPS) is 35.8. The van der Waals surface area contributed by atoms with Crippen LogP contribution < -0.4 is 5.32 Å². The Balaban J connectivity index is 1.61. The molecular weight excluding hydrogens is 162 g/mol. The standard InChI is InChI=1S/C11H21NO/c13-11-7-6-10(11)12-8-9-4-2-1-3-5-9/h9-13H,1-8H2/t10-,11-/m1/s1. The molecule has 0 amide bonds. The van der Waals surface area contributed by atoms with Crippen LogP contribution >= 0.6 is 0 Å². The zero-order valence-corrected chi connectivity index (χ0v) is 8.34. The lowest BCUT2D eigenvalue weighted by Crippen LogP contribution is -2.49. The van der Waals surface area contributed by atoms with Crippen LogP contribution in [0.1, 0.15) is 44.9 Å². The molecule has 0 aliphatic heterocycles. The molecule has 2 heteroatoms. The molecule has 0 spiro atoms. The predicted octanol–water partition coefficient (Wildman–Crippen LogP) is 1.68. The third kappa shape index (κ3) is 2.44. The van der Waals surface area contributed by atoms with Gasteiger partial charge in [-0.3, -0.25) is 0 Å². The van der Waals surface area contributed by atoms with Gasteiger partial charge in [0.15, 0.2) is 0 Å². The highest BCUT2D eigenvalue weighted by Crippen LogP contribution is 2.24. The van der Waals surface area contributed by atoms with E-state index in [-0.39, 0.29) is 6.10 Å². The van der Waals surface area contributed by atoms with E-state index in [1.54, 1.807) is 0 Å². The van der Waals surface area contributed by atoms with E-state index in [9.17, 15) is 5.11 Å². The van der Waals surface area contributed by atoms with Gasteiger partial charge in [-0.25, -0.2) is 0 Å². The predicted molar refractivity (Wildman–Crippen MR) is 53.6 cm³/mol. The molecule has 0 radical (unpaired) electrons. The minimum Gasteiger partial charge on any atom is -0.392 e. The molecule has 2 N–H and O–H groups in total. The number of aliphatic hydroxyl groups is 1. The Kier molecular flexibility index (Phi) is 3.23. The van der Waals surface area contributed by atoms with Crippen molar-refractivity contribution in [1.82, 2.24) is 5.32 Å². The monoisotopic (exact) mass is 183 g/mol. The van der Waals surface area contributed by atoms with E-state index in [0.717, 1.165) is 18.9 Å². The lowest BCUT2D eigenvalue weighted by Gasteiger charge is -2.35. The number of rotatable bonds is 3. The van der Waals surface area contributed by atoms with Crippen LogP contribution in [0.5, 0.6) is 0 Å². The Hall–Kier alpha value is -0.0800.